The molecule has 0 fully saturated rings. The molecule has 0 saturated heterocycles. The van der Waals surface area contributed by atoms with E-state index in [2.05, 4.69) is 29.4 Å². The van der Waals surface area contributed by atoms with Gasteiger partial charge in [-0.2, -0.15) is 0 Å². The van der Waals surface area contributed by atoms with E-state index in [0.717, 1.165) is 30.3 Å². The van der Waals surface area contributed by atoms with E-state index in [9.17, 15) is 4.79 Å². The van der Waals surface area contributed by atoms with Crippen LogP contribution in [-0.4, -0.2) is 33.1 Å². The average molecular weight is 244 g/mol. The molecule has 5 nitrogen and oxygen atoms in total. The van der Waals surface area contributed by atoms with Gasteiger partial charge in [-0.1, -0.05) is 25.6 Å². The third-order valence-electron chi connectivity index (χ3n) is 2.43. The number of aromatic amines is 1. The predicted molar refractivity (Wildman–Crippen MR) is 66.9 cm³/mol. The van der Waals surface area contributed by atoms with E-state index < -0.39 is 0 Å². The van der Waals surface area contributed by atoms with E-state index in [1.165, 1.54) is 4.57 Å². The van der Waals surface area contributed by atoms with Crippen LogP contribution in [0.15, 0.2) is 9.95 Å². The Balaban J connectivity index is 2.43. The normalized spacial score (nSPS) is 12.9. The van der Waals surface area contributed by atoms with Gasteiger partial charge < -0.3 is 5.32 Å². The van der Waals surface area contributed by atoms with E-state index >= 15 is 0 Å². The van der Waals surface area contributed by atoms with Crippen LogP contribution in [0, 0.1) is 0 Å². The lowest BCUT2D eigenvalue weighted by atomic mass is 10.2. The zero-order chi connectivity index (χ0) is 12.0. The first kappa shape index (κ1) is 13.3. The summed E-state index contributed by atoms with van der Waals surface area (Å²) < 4.78 is 1.54. The monoisotopic (exact) mass is 244 g/mol. The highest BCUT2D eigenvalue weighted by molar-refractivity contribution is 7.99. The highest BCUT2D eigenvalue weighted by atomic mass is 32.2. The van der Waals surface area contributed by atoms with Crippen molar-refractivity contribution in [1.82, 2.24) is 20.1 Å². The van der Waals surface area contributed by atoms with Gasteiger partial charge in [-0.25, -0.2) is 9.89 Å². The number of rotatable bonds is 7. The van der Waals surface area contributed by atoms with Gasteiger partial charge >= 0.3 is 5.69 Å². The van der Waals surface area contributed by atoms with E-state index in [-0.39, 0.29) is 5.69 Å². The molecular formula is C10H20N4OS. The summed E-state index contributed by atoms with van der Waals surface area (Å²) >= 11 is 1.61. The first-order valence-corrected chi connectivity index (χ1v) is 6.65. The third kappa shape index (κ3) is 3.68. The van der Waals surface area contributed by atoms with Crippen LogP contribution < -0.4 is 11.0 Å². The molecule has 1 aromatic rings. The Morgan fingerprint density at radius 1 is 1.56 bits per heavy atom. The summed E-state index contributed by atoms with van der Waals surface area (Å²) in [5, 5.41) is 10.6. The van der Waals surface area contributed by atoms with Crippen molar-refractivity contribution in [2.24, 2.45) is 7.05 Å². The Morgan fingerprint density at radius 2 is 2.31 bits per heavy atom. The first-order chi connectivity index (χ1) is 7.69. The van der Waals surface area contributed by atoms with Crippen LogP contribution in [0.5, 0.6) is 0 Å². The molecule has 0 amide bonds. The molecule has 0 aliphatic carbocycles. The summed E-state index contributed by atoms with van der Waals surface area (Å²) in [7, 11) is 1.73. The molecule has 0 aromatic carbocycles. The van der Waals surface area contributed by atoms with E-state index in [1.807, 2.05) is 0 Å². The number of aromatic nitrogens is 3. The number of hydrogen-bond acceptors (Lipinski definition) is 4. The molecule has 6 heteroatoms. The van der Waals surface area contributed by atoms with Crippen molar-refractivity contribution in [3.05, 3.63) is 10.5 Å². The highest BCUT2D eigenvalue weighted by Gasteiger charge is 2.09. The number of nitrogens with one attached hydrogen (secondary N) is 2. The second kappa shape index (κ2) is 6.75. The van der Waals surface area contributed by atoms with Crippen molar-refractivity contribution >= 4 is 11.8 Å². The Labute approximate surface area is 100 Å². The summed E-state index contributed by atoms with van der Waals surface area (Å²) in [4.78, 5) is 11.1. The highest BCUT2D eigenvalue weighted by Crippen LogP contribution is 2.14. The molecule has 1 aromatic heterocycles. The van der Waals surface area contributed by atoms with Gasteiger partial charge in [-0.05, 0) is 19.4 Å². The Bertz CT molecular complexity index is 360. The Hall–Kier alpha value is -0.750. The van der Waals surface area contributed by atoms with Crippen LogP contribution in [0.1, 0.15) is 26.7 Å². The van der Waals surface area contributed by atoms with Crippen LogP contribution in [-0.2, 0) is 7.05 Å². The van der Waals surface area contributed by atoms with Gasteiger partial charge in [0, 0.05) is 18.8 Å². The maximum absolute atomic E-state index is 11.1. The topological polar surface area (TPSA) is 62.7 Å². The minimum absolute atomic E-state index is 0.155. The first-order valence-electron chi connectivity index (χ1n) is 5.66. The molecule has 0 aliphatic heterocycles. The molecule has 0 saturated carbocycles. The average Bonchev–Trinajstić information content (AvgIpc) is 2.61. The van der Waals surface area contributed by atoms with Crippen molar-refractivity contribution < 1.29 is 0 Å². The lowest BCUT2D eigenvalue weighted by molar-refractivity contribution is 0.539. The fourth-order valence-electron chi connectivity index (χ4n) is 1.31. The van der Waals surface area contributed by atoms with Crippen LogP contribution in [0.4, 0.5) is 0 Å². The quantitative estimate of drug-likeness (QED) is 0.702. The minimum atomic E-state index is -0.155. The van der Waals surface area contributed by atoms with Gasteiger partial charge in [-0.15, -0.1) is 5.10 Å². The van der Waals surface area contributed by atoms with Crippen molar-refractivity contribution in [2.45, 2.75) is 37.9 Å². The number of thioether (sulfide) groups is 1. The molecule has 0 spiro atoms. The zero-order valence-electron chi connectivity index (χ0n) is 10.1. The maximum Gasteiger partial charge on any atom is 0.343 e. The number of hydrogen-bond donors (Lipinski definition) is 2. The van der Waals surface area contributed by atoms with Crippen LogP contribution in [0.25, 0.3) is 0 Å². The van der Waals surface area contributed by atoms with Gasteiger partial charge in [0.1, 0.15) is 0 Å². The minimum Gasteiger partial charge on any atom is -0.313 e. The Kier molecular flexibility index (Phi) is 5.62. The summed E-state index contributed by atoms with van der Waals surface area (Å²) in [6, 6.07) is 0.483. The molecule has 16 heavy (non-hydrogen) atoms. The molecule has 1 unspecified atom stereocenters. The fraction of sp³-hybridized carbons (Fsp3) is 0.800. The smallest absolute Gasteiger partial charge is 0.313 e. The Morgan fingerprint density at radius 3 is 2.81 bits per heavy atom. The van der Waals surface area contributed by atoms with Gasteiger partial charge in [0.05, 0.1) is 0 Å². The third-order valence-corrected chi connectivity index (χ3v) is 3.62. The van der Waals surface area contributed by atoms with Gasteiger partial charge in [0.25, 0.3) is 0 Å². The zero-order valence-corrected chi connectivity index (χ0v) is 10.9. The number of nitrogens with zero attached hydrogens (tertiary/aromatic N) is 2. The van der Waals surface area contributed by atoms with Gasteiger partial charge in [0.2, 0.25) is 0 Å². The molecular weight excluding hydrogens is 224 g/mol. The molecule has 0 bridgehead atoms. The van der Waals surface area contributed by atoms with Gasteiger partial charge in [-0.3, -0.25) is 4.57 Å². The van der Waals surface area contributed by atoms with Crippen molar-refractivity contribution in [1.29, 1.82) is 0 Å². The SMILES string of the molecule is CCCNC(CC)CSc1n[nH]c(=O)n1C. The summed E-state index contributed by atoms with van der Waals surface area (Å²) in [5.41, 5.74) is -0.155. The van der Waals surface area contributed by atoms with Crippen molar-refractivity contribution in [2.75, 3.05) is 12.3 Å². The molecule has 0 aliphatic rings. The number of H-pyrrole nitrogens is 1. The molecule has 1 rings (SSSR count). The molecule has 1 heterocycles. The van der Waals surface area contributed by atoms with Crippen molar-refractivity contribution in [3.8, 4) is 0 Å². The van der Waals surface area contributed by atoms with E-state index in [0.29, 0.717) is 6.04 Å². The summed E-state index contributed by atoms with van der Waals surface area (Å²) in [5.74, 6) is 0.939. The largest absolute Gasteiger partial charge is 0.343 e. The summed E-state index contributed by atoms with van der Waals surface area (Å²) in [6.07, 6.45) is 2.23. The van der Waals surface area contributed by atoms with E-state index in [1.54, 1.807) is 18.8 Å². The fourth-order valence-corrected chi connectivity index (χ4v) is 2.40. The predicted octanol–water partition coefficient (Wildman–Crippen LogP) is 0.979. The van der Waals surface area contributed by atoms with Crippen LogP contribution in [0.3, 0.4) is 0 Å². The van der Waals surface area contributed by atoms with E-state index in [4.69, 9.17) is 0 Å². The maximum atomic E-state index is 11.1. The van der Waals surface area contributed by atoms with Gasteiger partial charge in [0.15, 0.2) is 5.16 Å². The summed E-state index contributed by atoms with van der Waals surface area (Å²) in [6.45, 7) is 5.36. The lowest BCUT2D eigenvalue weighted by Crippen LogP contribution is -2.31. The molecule has 1 atom stereocenters. The van der Waals surface area contributed by atoms with Crippen LogP contribution in [0.2, 0.25) is 0 Å². The molecule has 2 N–H and O–H groups in total. The van der Waals surface area contributed by atoms with Crippen molar-refractivity contribution in [3.63, 3.8) is 0 Å². The molecule has 0 radical (unpaired) electrons. The van der Waals surface area contributed by atoms with Crippen LogP contribution >= 0.6 is 11.8 Å². The second-order valence-electron chi connectivity index (χ2n) is 3.74. The molecule has 92 valence electrons. The standard InChI is InChI=1S/C10H20N4OS/c1-4-6-11-8(5-2)7-16-10-13-12-9(15)14(10)3/h8,11H,4-7H2,1-3H3,(H,12,15). The lowest BCUT2D eigenvalue weighted by Gasteiger charge is -2.15. The second-order valence-corrected chi connectivity index (χ2v) is 4.73.